The van der Waals surface area contributed by atoms with Crippen LogP contribution >= 0.6 is 11.6 Å². The molecule has 2 saturated heterocycles. The molecule has 3 rings (SSSR count). The first-order chi connectivity index (χ1) is 9.83. The van der Waals surface area contributed by atoms with Crippen LogP contribution in [0.2, 0.25) is 5.02 Å². The number of anilines is 1. The third kappa shape index (κ3) is 3.46. The minimum absolute atomic E-state index is 0.873. The van der Waals surface area contributed by atoms with Crippen molar-refractivity contribution in [2.24, 2.45) is 5.92 Å². The first-order valence-electron chi connectivity index (χ1n) is 7.75. The topological polar surface area (TPSA) is 18.5 Å². The van der Waals surface area contributed by atoms with E-state index in [1.54, 1.807) is 0 Å². The fourth-order valence-electron chi connectivity index (χ4n) is 3.25. The zero-order chi connectivity index (χ0) is 13.8. The van der Waals surface area contributed by atoms with E-state index in [1.165, 1.54) is 38.2 Å². The number of nitrogens with one attached hydrogen (secondary N) is 1. The summed E-state index contributed by atoms with van der Waals surface area (Å²) in [5.74, 6) is 0.900. The summed E-state index contributed by atoms with van der Waals surface area (Å²) in [6.07, 6.45) is 2.71. The smallest absolute Gasteiger partial charge is 0.0639 e. The molecule has 2 heterocycles. The second-order valence-electron chi connectivity index (χ2n) is 5.93. The number of halogens is 1. The fourth-order valence-corrected chi connectivity index (χ4v) is 3.50. The highest BCUT2D eigenvalue weighted by Crippen LogP contribution is 2.26. The molecule has 1 N–H and O–H groups in total. The van der Waals surface area contributed by atoms with Crippen molar-refractivity contribution in [2.45, 2.75) is 12.8 Å². The van der Waals surface area contributed by atoms with Crippen molar-refractivity contribution in [1.29, 1.82) is 0 Å². The normalized spacial score (nSPS) is 24.2. The van der Waals surface area contributed by atoms with Gasteiger partial charge in [-0.25, -0.2) is 0 Å². The van der Waals surface area contributed by atoms with E-state index in [2.05, 4.69) is 27.2 Å². The van der Waals surface area contributed by atoms with Gasteiger partial charge in [0.2, 0.25) is 0 Å². The molecular formula is C16H24ClN3. The van der Waals surface area contributed by atoms with Crippen LogP contribution in [0.25, 0.3) is 0 Å². The number of hydrogen-bond acceptors (Lipinski definition) is 3. The van der Waals surface area contributed by atoms with Crippen LogP contribution in [0.1, 0.15) is 12.8 Å². The van der Waals surface area contributed by atoms with Crippen molar-refractivity contribution < 1.29 is 0 Å². The molecule has 3 nitrogen and oxygen atoms in total. The Labute approximate surface area is 126 Å². The summed E-state index contributed by atoms with van der Waals surface area (Å²) >= 11 is 6.28. The van der Waals surface area contributed by atoms with Crippen LogP contribution in [0.3, 0.4) is 0 Å². The van der Waals surface area contributed by atoms with E-state index in [9.17, 15) is 0 Å². The summed E-state index contributed by atoms with van der Waals surface area (Å²) in [7, 11) is 0. The first-order valence-corrected chi connectivity index (χ1v) is 8.13. The Kier molecular flexibility index (Phi) is 4.81. The molecule has 0 spiro atoms. The number of nitrogens with zero attached hydrogens (tertiary/aromatic N) is 2. The Balaban J connectivity index is 1.46. The molecule has 1 aromatic rings. The number of rotatable bonds is 4. The van der Waals surface area contributed by atoms with Gasteiger partial charge in [-0.05, 0) is 50.5 Å². The number of para-hydroxylation sites is 1. The maximum Gasteiger partial charge on any atom is 0.0639 e. The Bertz CT molecular complexity index is 423. The average Bonchev–Trinajstić information content (AvgIpc) is 3.00. The summed E-state index contributed by atoms with van der Waals surface area (Å²) in [5, 5.41) is 4.33. The molecule has 1 atom stereocenters. The van der Waals surface area contributed by atoms with Crippen molar-refractivity contribution in [3.63, 3.8) is 0 Å². The Morgan fingerprint density at radius 1 is 1.15 bits per heavy atom. The SMILES string of the molecule is Clc1ccccc1N1CCN(CCC2CCNC2)CC1. The van der Waals surface area contributed by atoms with E-state index in [0.717, 1.165) is 37.1 Å². The van der Waals surface area contributed by atoms with Crippen LogP contribution in [0.4, 0.5) is 5.69 Å². The van der Waals surface area contributed by atoms with Crippen LogP contribution in [0, 0.1) is 5.92 Å². The molecule has 0 radical (unpaired) electrons. The Hall–Kier alpha value is -0.770. The fraction of sp³-hybridized carbons (Fsp3) is 0.625. The van der Waals surface area contributed by atoms with Gasteiger partial charge in [-0.15, -0.1) is 0 Å². The molecule has 0 aliphatic carbocycles. The minimum Gasteiger partial charge on any atom is -0.368 e. The van der Waals surface area contributed by atoms with Crippen LogP contribution in [0.15, 0.2) is 24.3 Å². The van der Waals surface area contributed by atoms with Gasteiger partial charge in [0.1, 0.15) is 0 Å². The highest BCUT2D eigenvalue weighted by atomic mass is 35.5. The predicted molar refractivity (Wildman–Crippen MR) is 85.7 cm³/mol. The maximum atomic E-state index is 6.28. The zero-order valence-corrected chi connectivity index (χ0v) is 12.8. The molecular weight excluding hydrogens is 270 g/mol. The third-order valence-corrected chi connectivity index (χ3v) is 4.90. The van der Waals surface area contributed by atoms with Crippen LogP contribution < -0.4 is 10.2 Å². The van der Waals surface area contributed by atoms with Gasteiger partial charge in [-0.2, -0.15) is 0 Å². The van der Waals surface area contributed by atoms with Gasteiger partial charge in [-0.3, -0.25) is 4.90 Å². The lowest BCUT2D eigenvalue weighted by Crippen LogP contribution is -2.47. The maximum absolute atomic E-state index is 6.28. The van der Waals surface area contributed by atoms with Gasteiger partial charge in [-0.1, -0.05) is 23.7 Å². The van der Waals surface area contributed by atoms with Crippen molar-refractivity contribution in [3.8, 4) is 0 Å². The van der Waals surface area contributed by atoms with Gasteiger partial charge in [0.15, 0.2) is 0 Å². The number of hydrogen-bond donors (Lipinski definition) is 1. The monoisotopic (exact) mass is 293 g/mol. The zero-order valence-electron chi connectivity index (χ0n) is 12.0. The molecule has 2 aliphatic rings. The van der Waals surface area contributed by atoms with E-state index in [0.29, 0.717) is 0 Å². The van der Waals surface area contributed by atoms with Crippen LogP contribution in [0.5, 0.6) is 0 Å². The standard InChI is InChI=1S/C16H24ClN3/c17-15-3-1-2-4-16(15)20-11-9-19(10-12-20)8-6-14-5-7-18-13-14/h1-4,14,18H,5-13H2. The summed E-state index contributed by atoms with van der Waals surface area (Å²) in [6, 6.07) is 8.18. The highest BCUT2D eigenvalue weighted by Gasteiger charge is 2.20. The predicted octanol–water partition coefficient (Wildman–Crippen LogP) is 2.46. The minimum atomic E-state index is 0.873. The second-order valence-corrected chi connectivity index (χ2v) is 6.33. The molecule has 0 aromatic heterocycles. The molecule has 0 amide bonds. The van der Waals surface area contributed by atoms with E-state index in [1.807, 2.05) is 12.1 Å². The largest absolute Gasteiger partial charge is 0.368 e. The van der Waals surface area contributed by atoms with E-state index >= 15 is 0 Å². The quantitative estimate of drug-likeness (QED) is 0.920. The Morgan fingerprint density at radius 3 is 2.65 bits per heavy atom. The lowest BCUT2D eigenvalue weighted by Gasteiger charge is -2.36. The molecule has 2 fully saturated rings. The Morgan fingerprint density at radius 2 is 1.95 bits per heavy atom. The number of piperazine rings is 1. The summed E-state index contributed by atoms with van der Waals surface area (Å²) < 4.78 is 0. The number of benzene rings is 1. The van der Waals surface area contributed by atoms with Crippen molar-refractivity contribution >= 4 is 17.3 Å². The first kappa shape index (κ1) is 14.2. The second kappa shape index (κ2) is 6.79. The van der Waals surface area contributed by atoms with E-state index in [4.69, 9.17) is 11.6 Å². The molecule has 0 saturated carbocycles. The third-order valence-electron chi connectivity index (χ3n) is 4.58. The van der Waals surface area contributed by atoms with Crippen LogP contribution in [-0.4, -0.2) is 50.7 Å². The van der Waals surface area contributed by atoms with E-state index in [-0.39, 0.29) is 0 Å². The van der Waals surface area contributed by atoms with Gasteiger partial charge >= 0.3 is 0 Å². The van der Waals surface area contributed by atoms with E-state index < -0.39 is 0 Å². The molecule has 4 heteroatoms. The molecule has 20 heavy (non-hydrogen) atoms. The van der Waals surface area contributed by atoms with Gasteiger partial charge < -0.3 is 10.2 Å². The molecule has 1 aromatic carbocycles. The lowest BCUT2D eigenvalue weighted by atomic mass is 10.0. The van der Waals surface area contributed by atoms with Crippen molar-refractivity contribution in [1.82, 2.24) is 10.2 Å². The highest BCUT2D eigenvalue weighted by molar-refractivity contribution is 6.33. The summed E-state index contributed by atoms with van der Waals surface area (Å²) in [6.45, 7) is 8.18. The van der Waals surface area contributed by atoms with Crippen molar-refractivity contribution in [3.05, 3.63) is 29.3 Å². The average molecular weight is 294 g/mol. The molecule has 0 bridgehead atoms. The van der Waals surface area contributed by atoms with Crippen molar-refractivity contribution in [2.75, 3.05) is 50.7 Å². The summed E-state index contributed by atoms with van der Waals surface area (Å²) in [4.78, 5) is 5.02. The van der Waals surface area contributed by atoms with Crippen LogP contribution in [-0.2, 0) is 0 Å². The van der Waals surface area contributed by atoms with Gasteiger partial charge in [0, 0.05) is 26.2 Å². The van der Waals surface area contributed by atoms with Gasteiger partial charge in [0.25, 0.3) is 0 Å². The molecule has 1 unspecified atom stereocenters. The molecule has 2 aliphatic heterocycles. The summed E-state index contributed by atoms with van der Waals surface area (Å²) in [5.41, 5.74) is 1.19. The molecule has 110 valence electrons. The lowest BCUT2D eigenvalue weighted by molar-refractivity contribution is 0.241. The van der Waals surface area contributed by atoms with Gasteiger partial charge in [0.05, 0.1) is 10.7 Å².